The number of ether oxygens (including phenoxy) is 2. The van der Waals surface area contributed by atoms with Crippen LogP contribution in [0.3, 0.4) is 0 Å². The highest BCUT2D eigenvalue weighted by atomic mass is 35.5. The summed E-state index contributed by atoms with van der Waals surface area (Å²) in [6.07, 6.45) is 1.49. The number of hydrogen-bond donors (Lipinski definition) is 1. The van der Waals surface area contributed by atoms with Crippen LogP contribution in [0.25, 0.3) is 11.0 Å². The monoisotopic (exact) mass is 344 g/mol. The minimum absolute atomic E-state index is 0.0481. The van der Waals surface area contributed by atoms with Crippen LogP contribution in [-0.2, 0) is 4.79 Å². The Hall–Kier alpha value is -2.86. The highest BCUT2D eigenvalue weighted by Crippen LogP contribution is 2.24. The summed E-state index contributed by atoms with van der Waals surface area (Å²) in [5, 5.41) is 9.15. The molecule has 0 fully saturated rings. The SMILES string of the molecule is O=C(O)CCOc1ccc(Oc2cnc3ccc(Cl)cc3n2)cc1. The normalized spacial score (nSPS) is 10.5. The lowest BCUT2D eigenvalue weighted by Crippen LogP contribution is -2.04. The van der Waals surface area contributed by atoms with E-state index in [1.165, 1.54) is 6.20 Å². The molecular weight excluding hydrogens is 332 g/mol. The first kappa shape index (κ1) is 16.0. The van der Waals surface area contributed by atoms with Crippen molar-refractivity contribution in [2.45, 2.75) is 6.42 Å². The largest absolute Gasteiger partial charge is 0.493 e. The van der Waals surface area contributed by atoms with Crippen molar-refractivity contribution in [3.8, 4) is 17.4 Å². The van der Waals surface area contributed by atoms with E-state index in [0.29, 0.717) is 27.9 Å². The highest BCUT2D eigenvalue weighted by molar-refractivity contribution is 6.31. The number of halogens is 1. The van der Waals surface area contributed by atoms with Crippen molar-refractivity contribution in [3.63, 3.8) is 0 Å². The van der Waals surface area contributed by atoms with Gasteiger partial charge in [-0.25, -0.2) is 9.97 Å². The molecule has 0 spiro atoms. The van der Waals surface area contributed by atoms with Crippen LogP contribution in [0.1, 0.15) is 6.42 Å². The average molecular weight is 345 g/mol. The van der Waals surface area contributed by atoms with Gasteiger partial charge in [0.15, 0.2) is 0 Å². The van der Waals surface area contributed by atoms with Crippen molar-refractivity contribution in [2.24, 2.45) is 0 Å². The molecule has 7 heteroatoms. The van der Waals surface area contributed by atoms with Crippen molar-refractivity contribution in [2.75, 3.05) is 6.61 Å². The van der Waals surface area contributed by atoms with Crippen molar-refractivity contribution < 1.29 is 19.4 Å². The van der Waals surface area contributed by atoms with Crippen LogP contribution in [0.2, 0.25) is 5.02 Å². The van der Waals surface area contributed by atoms with Gasteiger partial charge in [-0.2, -0.15) is 0 Å². The molecule has 6 nitrogen and oxygen atoms in total. The van der Waals surface area contributed by atoms with Gasteiger partial charge in [0, 0.05) is 5.02 Å². The minimum atomic E-state index is -0.898. The third kappa shape index (κ3) is 4.11. The molecule has 2 aromatic carbocycles. The van der Waals surface area contributed by atoms with E-state index in [2.05, 4.69) is 9.97 Å². The van der Waals surface area contributed by atoms with E-state index in [1.807, 2.05) is 0 Å². The molecule has 0 amide bonds. The maximum absolute atomic E-state index is 10.4. The predicted octanol–water partition coefficient (Wildman–Crippen LogP) is 3.93. The topological polar surface area (TPSA) is 81.5 Å². The van der Waals surface area contributed by atoms with Crippen molar-refractivity contribution in [1.82, 2.24) is 9.97 Å². The van der Waals surface area contributed by atoms with Gasteiger partial charge in [-0.05, 0) is 42.5 Å². The minimum Gasteiger partial charge on any atom is -0.493 e. The molecule has 0 radical (unpaired) electrons. The van der Waals surface area contributed by atoms with E-state index in [0.717, 1.165) is 5.52 Å². The molecule has 122 valence electrons. The zero-order valence-corrected chi connectivity index (χ0v) is 13.2. The third-order valence-corrected chi connectivity index (χ3v) is 3.35. The summed E-state index contributed by atoms with van der Waals surface area (Å²) in [4.78, 5) is 19.1. The van der Waals surface area contributed by atoms with Crippen LogP contribution in [0.5, 0.6) is 17.4 Å². The van der Waals surface area contributed by atoms with Crippen LogP contribution in [0, 0.1) is 0 Å². The van der Waals surface area contributed by atoms with E-state index in [-0.39, 0.29) is 13.0 Å². The standard InChI is InChI=1S/C17H13ClN2O4/c18-11-1-6-14-15(9-11)20-16(10-19-14)24-13-4-2-12(3-5-13)23-8-7-17(21)22/h1-6,9-10H,7-8H2,(H,21,22). The smallest absolute Gasteiger partial charge is 0.306 e. The number of nitrogens with zero attached hydrogens (tertiary/aromatic N) is 2. The Morgan fingerprint density at radius 1 is 1.08 bits per heavy atom. The summed E-state index contributed by atoms with van der Waals surface area (Å²) in [6, 6.07) is 12.1. The van der Waals surface area contributed by atoms with Gasteiger partial charge in [0.25, 0.3) is 0 Å². The summed E-state index contributed by atoms with van der Waals surface area (Å²) in [6.45, 7) is 0.118. The van der Waals surface area contributed by atoms with Crippen LogP contribution in [0.15, 0.2) is 48.7 Å². The van der Waals surface area contributed by atoms with Crippen molar-refractivity contribution in [3.05, 3.63) is 53.7 Å². The summed E-state index contributed by atoms with van der Waals surface area (Å²) < 4.78 is 11.0. The number of benzene rings is 2. The van der Waals surface area contributed by atoms with Gasteiger partial charge in [0.1, 0.15) is 11.5 Å². The maximum atomic E-state index is 10.4. The molecule has 0 saturated carbocycles. The highest BCUT2D eigenvalue weighted by Gasteiger charge is 2.04. The Morgan fingerprint density at radius 3 is 2.58 bits per heavy atom. The predicted molar refractivity (Wildman–Crippen MR) is 88.8 cm³/mol. The second-order valence-electron chi connectivity index (χ2n) is 4.91. The number of carbonyl (C=O) groups is 1. The molecule has 3 rings (SSSR count). The van der Waals surface area contributed by atoms with Gasteiger partial charge in [-0.1, -0.05) is 11.6 Å². The number of rotatable bonds is 6. The van der Waals surface area contributed by atoms with Gasteiger partial charge in [0.2, 0.25) is 5.88 Å². The summed E-state index contributed by atoms with van der Waals surface area (Å²) >= 11 is 5.95. The van der Waals surface area contributed by atoms with E-state index in [1.54, 1.807) is 42.5 Å². The van der Waals surface area contributed by atoms with E-state index >= 15 is 0 Å². The lowest BCUT2D eigenvalue weighted by molar-refractivity contribution is -0.137. The zero-order valence-electron chi connectivity index (χ0n) is 12.5. The average Bonchev–Trinajstić information content (AvgIpc) is 2.56. The molecule has 0 aliphatic carbocycles. The quantitative estimate of drug-likeness (QED) is 0.729. The van der Waals surface area contributed by atoms with Gasteiger partial charge >= 0.3 is 5.97 Å². The van der Waals surface area contributed by atoms with E-state index in [9.17, 15) is 4.79 Å². The second-order valence-corrected chi connectivity index (χ2v) is 5.34. The number of aliphatic carboxylic acids is 1. The molecule has 1 N–H and O–H groups in total. The van der Waals surface area contributed by atoms with Gasteiger partial charge in [0.05, 0.1) is 30.3 Å². The molecule has 0 bridgehead atoms. The number of aromatic nitrogens is 2. The Bertz CT molecular complexity index is 868. The lowest BCUT2D eigenvalue weighted by Gasteiger charge is -2.07. The fourth-order valence-corrected chi connectivity index (χ4v) is 2.16. The Labute approximate surface area is 142 Å². The fraction of sp³-hybridized carbons (Fsp3) is 0.118. The number of fused-ring (bicyclic) bond motifs is 1. The second kappa shape index (κ2) is 7.14. The lowest BCUT2D eigenvalue weighted by atomic mass is 10.3. The fourth-order valence-electron chi connectivity index (χ4n) is 2.00. The molecular formula is C17H13ClN2O4. The number of carboxylic acids is 1. The molecule has 0 atom stereocenters. The molecule has 0 unspecified atom stereocenters. The van der Waals surface area contributed by atoms with Gasteiger partial charge in [-0.3, -0.25) is 4.79 Å². The van der Waals surface area contributed by atoms with E-state index in [4.69, 9.17) is 26.2 Å². The molecule has 0 saturated heterocycles. The van der Waals surface area contributed by atoms with Crippen molar-refractivity contribution >= 4 is 28.6 Å². The third-order valence-electron chi connectivity index (χ3n) is 3.11. The Balaban J connectivity index is 1.68. The first-order valence-corrected chi connectivity index (χ1v) is 7.53. The van der Waals surface area contributed by atoms with Crippen LogP contribution in [-0.4, -0.2) is 27.7 Å². The van der Waals surface area contributed by atoms with Crippen LogP contribution < -0.4 is 9.47 Å². The van der Waals surface area contributed by atoms with Crippen molar-refractivity contribution in [1.29, 1.82) is 0 Å². The van der Waals surface area contributed by atoms with E-state index < -0.39 is 5.97 Å². The first-order valence-electron chi connectivity index (χ1n) is 7.15. The Morgan fingerprint density at radius 2 is 1.83 bits per heavy atom. The summed E-state index contributed by atoms with van der Waals surface area (Å²) in [5.41, 5.74) is 1.38. The van der Waals surface area contributed by atoms with Gasteiger partial charge in [-0.15, -0.1) is 0 Å². The maximum Gasteiger partial charge on any atom is 0.306 e. The molecule has 0 aliphatic heterocycles. The summed E-state index contributed by atoms with van der Waals surface area (Å²) in [7, 11) is 0. The van der Waals surface area contributed by atoms with Crippen LogP contribution >= 0.6 is 11.6 Å². The molecule has 1 heterocycles. The molecule has 1 aromatic heterocycles. The first-order chi connectivity index (χ1) is 11.6. The van der Waals surface area contributed by atoms with Gasteiger partial charge < -0.3 is 14.6 Å². The number of carboxylic acid groups (broad SMARTS) is 1. The molecule has 0 aliphatic rings. The molecule has 3 aromatic rings. The van der Waals surface area contributed by atoms with Crippen LogP contribution in [0.4, 0.5) is 0 Å². The summed E-state index contributed by atoms with van der Waals surface area (Å²) in [5.74, 6) is 0.588. The number of hydrogen-bond acceptors (Lipinski definition) is 5. The zero-order chi connectivity index (χ0) is 16.9. The Kier molecular flexibility index (Phi) is 4.77. The molecule has 24 heavy (non-hydrogen) atoms.